The minimum atomic E-state index is -0.482. The third-order valence-electron chi connectivity index (χ3n) is 4.56. The number of amides is 2. The van der Waals surface area contributed by atoms with Crippen molar-refractivity contribution >= 4 is 17.7 Å². The first kappa shape index (κ1) is 19.7. The number of ether oxygens (including phenoxy) is 2. The van der Waals surface area contributed by atoms with Crippen molar-refractivity contribution in [2.45, 2.75) is 38.8 Å². The minimum Gasteiger partial charge on any atom is -0.489 e. The minimum absolute atomic E-state index is 0.0854. The van der Waals surface area contributed by atoms with E-state index in [2.05, 4.69) is 15.5 Å². The fourth-order valence-corrected chi connectivity index (χ4v) is 3.29. The van der Waals surface area contributed by atoms with Crippen LogP contribution in [-0.4, -0.2) is 51.4 Å². The number of aromatic nitrogens is 3. The Kier molecular flexibility index (Phi) is 5.81. The highest BCUT2D eigenvalue weighted by Gasteiger charge is 2.33. The third-order valence-corrected chi connectivity index (χ3v) is 4.56. The van der Waals surface area contributed by atoms with E-state index in [4.69, 9.17) is 9.47 Å². The Balaban J connectivity index is 1.85. The topological polar surface area (TPSA) is 98.6 Å². The number of hydrogen-bond acceptors (Lipinski definition) is 6. The van der Waals surface area contributed by atoms with Gasteiger partial charge in [0.2, 0.25) is 0 Å². The lowest BCUT2D eigenvalue weighted by atomic mass is 10.2. The number of carbonyl (C=O) groups is 2. The lowest BCUT2D eigenvalue weighted by Crippen LogP contribution is -2.35. The summed E-state index contributed by atoms with van der Waals surface area (Å²) in [5.74, 6) is 0.754. The van der Waals surface area contributed by atoms with Gasteiger partial charge in [-0.2, -0.15) is 0 Å². The molecule has 0 aliphatic carbocycles. The standard InChI is InChI=1S/C19H25N5O4/c1-12(2)28-16-8-7-13(18(25)27-4)10-14(16)21-19(26)24-9-5-6-15(24)17-22-20-11-23(17)3/h7-8,10-12,15H,5-6,9H2,1-4H3,(H,21,26)/t15-/m1/s1. The second-order valence-corrected chi connectivity index (χ2v) is 6.95. The molecule has 150 valence electrons. The quantitative estimate of drug-likeness (QED) is 0.792. The number of methoxy groups -OCH3 is 1. The Morgan fingerprint density at radius 3 is 2.75 bits per heavy atom. The first-order valence-electron chi connectivity index (χ1n) is 9.21. The van der Waals surface area contributed by atoms with Crippen molar-refractivity contribution in [3.8, 4) is 5.75 Å². The summed E-state index contributed by atoms with van der Waals surface area (Å²) in [7, 11) is 3.17. The number of esters is 1. The summed E-state index contributed by atoms with van der Waals surface area (Å²) in [5, 5.41) is 10.9. The second kappa shape index (κ2) is 8.28. The van der Waals surface area contributed by atoms with E-state index < -0.39 is 5.97 Å². The number of anilines is 1. The molecule has 1 aromatic carbocycles. The lowest BCUT2D eigenvalue weighted by Gasteiger charge is -2.25. The Bertz CT molecular complexity index is 864. The first-order valence-corrected chi connectivity index (χ1v) is 9.21. The Morgan fingerprint density at radius 2 is 2.11 bits per heavy atom. The van der Waals surface area contributed by atoms with Crippen molar-refractivity contribution < 1.29 is 19.1 Å². The molecule has 0 spiro atoms. The molecule has 1 aromatic heterocycles. The number of urea groups is 1. The van der Waals surface area contributed by atoms with Gasteiger partial charge in [-0.1, -0.05) is 0 Å². The van der Waals surface area contributed by atoms with Gasteiger partial charge in [-0.3, -0.25) is 0 Å². The molecule has 2 aromatic rings. The van der Waals surface area contributed by atoms with Gasteiger partial charge in [-0.25, -0.2) is 9.59 Å². The fraction of sp³-hybridized carbons (Fsp3) is 0.474. The molecule has 28 heavy (non-hydrogen) atoms. The molecule has 2 heterocycles. The zero-order valence-corrected chi connectivity index (χ0v) is 16.5. The van der Waals surface area contributed by atoms with Crippen molar-refractivity contribution in [1.29, 1.82) is 0 Å². The smallest absolute Gasteiger partial charge is 0.337 e. The van der Waals surface area contributed by atoms with Gasteiger partial charge < -0.3 is 24.3 Å². The third kappa shape index (κ3) is 4.08. The molecule has 1 saturated heterocycles. The molecule has 1 aliphatic rings. The molecule has 1 fully saturated rings. The molecule has 1 atom stereocenters. The van der Waals surface area contributed by atoms with E-state index in [1.165, 1.54) is 7.11 Å². The molecule has 0 radical (unpaired) electrons. The molecule has 1 aliphatic heterocycles. The summed E-state index contributed by atoms with van der Waals surface area (Å²) in [6.45, 7) is 4.40. The van der Waals surface area contributed by atoms with Gasteiger partial charge >= 0.3 is 12.0 Å². The molecule has 9 nitrogen and oxygen atoms in total. The number of hydrogen-bond donors (Lipinski definition) is 1. The maximum atomic E-state index is 13.0. The average Bonchev–Trinajstić information content (AvgIpc) is 3.30. The maximum Gasteiger partial charge on any atom is 0.337 e. The van der Waals surface area contributed by atoms with Crippen molar-refractivity contribution in [2.75, 3.05) is 19.0 Å². The van der Waals surface area contributed by atoms with Crippen LogP contribution >= 0.6 is 0 Å². The maximum absolute atomic E-state index is 13.0. The van der Waals surface area contributed by atoms with Gasteiger partial charge in [-0.15, -0.1) is 10.2 Å². The molecule has 2 amide bonds. The van der Waals surface area contributed by atoms with Crippen molar-refractivity contribution in [3.63, 3.8) is 0 Å². The molecule has 3 rings (SSSR count). The van der Waals surface area contributed by atoms with Gasteiger partial charge in [0.05, 0.1) is 30.5 Å². The molecule has 9 heteroatoms. The van der Waals surface area contributed by atoms with E-state index in [0.29, 0.717) is 23.5 Å². The lowest BCUT2D eigenvalue weighted by molar-refractivity contribution is 0.0600. The van der Waals surface area contributed by atoms with Gasteiger partial charge in [-0.05, 0) is 44.9 Å². The van der Waals surface area contributed by atoms with Crippen LogP contribution < -0.4 is 10.1 Å². The van der Waals surface area contributed by atoms with E-state index in [1.807, 2.05) is 25.5 Å². The summed E-state index contributed by atoms with van der Waals surface area (Å²) in [4.78, 5) is 26.6. The monoisotopic (exact) mass is 387 g/mol. The van der Waals surface area contributed by atoms with Crippen molar-refractivity contribution in [1.82, 2.24) is 19.7 Å². The van der Waals surface area contributed by atoms with Crippen LogP contribution in [0.4, 0.5) is 10.5 Å². The molecule has 0 unspecified atom stereocenters. The molecule has 0 saturated carbocycles. The fourth-order valence-electron chi connectivity index (χ4n) is 3.29. The summed E-state index contributed by atoms with van der Waals surface area (Å²) in [6.07, 6.45) is 3.23. The Hall–Kier alpha value is -3.10. The summed E-state index contributed by atoms with van der Waals surface area (Å²) >= 11 is 0. The predicted octanol–water partition coefficient (Wildman–Crippen LogP) is 2.76. The number of nitrogens with one attached hydrogen (secondary N) is 1. The van der Waals surface area contributed by atoms with E-state index in [-0.39, 0.29) is 18.2 Å². The Labute approximate surface area is 163 Å². The van der Waals surface area contributed by atoms with E-state index in [1.54, 1.807) is 29.4 Å². The zero-order valence-electron chi connectivity index (χ0n) is 16.5. The van der Waals surface area contributed by atoms with Crippen LogP contribution in [-0.2, 0) is 11.8 Å². The van der Waals surface area contributed by atoms with Crippen LogP contribution in [0, 0.1) is 0 Å². The van der Waals surface area contributed by atoms with Gasteiger partial charge in [0, 0.05) is 13.6 Å². The molecule has 1 N–H and O–H groups in total. The number of nitrogens with zero attached hydrogens (tertiary/aromatic N) is 4. The van der Waals surface area contributed by atoms with Gasteiger partial charge in [0.1, 0.15) is 12.1 Å². The van der Waals surface area contributed by atoms with Crippen LogP contribution in [0.15, 0.2) is 24.5 Å². The number of likely N-dealkylation sites (tertiary alicyclic amines) is 1. The highest BCUT2D eigenvalue weighted by molar-refractivity contribution is 5.95. The summed E-state index contributed by atoms with van der Waals surface area (Å²) in [5.41, 5.74) is 0.755. The van der Waals surface area contributed by atoms with E-state index in [9.17, 15) is 9.59 Å². The summed E-state index contributed by atoms with van der Waals surface area (Å²) < 4.78 is 12.4. The van der Waals surface area contributed by atoms with Gasteiger partial charge in [0.25, 0.3) is 0 Å². The number of benzene rings is 1. The number of carbonyl (C=O) groups excluding carboxylic acids is 2. The van der Waals surface area contributed by atoms with E-state index >= 15 is 0 Å². The van der Waals surface area contributed by atoms with Crippen LogP contribution in [0.25, 0.3) is 0 Å². The normalized spacial score (nSPS) is 16.3. The van der Waals surface area contributed by atoms with Crippen molar-refractivity contribution in [3.05, 3.63) is 35.9 Å². The first-order chi connectivity index (χ1) is 13.4. The largest absolute Gasteiger partial charge is 0.489 e. The second-order valence-electron chi connectivity index (χ2n) is 6.95. The van der Waals surface area contributed by atoms with Crippen LogP contribution in [0.5, 0.6) is 5.75 Å². The van der Waals surface area contributed by atoms with Crippen LogP contribution in [0.2, 0.25) is 0 Å². The highest BCUT2D eigenvalue weighted by atomic mass is 16.5. The van der Waals surface area contributed by atoms with Crippen LogP contribution in [0.3, 0.4) is 0 Å². The number of rotatable bonds is 5. The van der Waals surface area contributed by atoms with Crippen LogP contribution in [0.1, 0.15) is 48.9 Å². The van der Waals surface area contributed by atoms with E-state index in [0.717, 1.165) is 18.7 Å². The predicted molar refractivity (Wildman–Crippen MR) is 102 cm³/mol. The highest BCUT2D eigenvalue weighted by Crippen LogP contribution is 2.33. The van der Waals surface area contributed by atoms with Crippen molar-refractivity contribution in [2.24, 2.45) is 7.05 Å². The molecular formula is C19H25N5O4. The molecule has 0 bridgehead atoms. The zero-order chi connectivity index (χ0) is 20.3. The number of aryl methyl sites for hydroxylation is 1. The Morgan fingerprint density at radius 1 is 1.32 bits per heavy atom. The molecular weight excluding hydrogens is 362 g/mol. The summed E-state index contributed by atoms with van der Waals surface area (Å²) in [6, 6.07) is 4.41. The SMILES string of the molecule is COC(=O)c1ccc(OC(C)C)c(NC(=O)N2CCC[C@@H]2c2nncn2C)c1. The van der Waals surface area contributed by atoms with Gasteiger partial charge in [0.15, 0.2) is 5.82 Å². The average molecular weight is 387 g/mol.